The van der Waals surface area contributed by atoms with Crippen LogP contribution < -0.4 is 0 Å². The molecule has 0 aliphatic carbocycles. The van der Waals surface area contributed by atoms with Gasteiger partial charge in [0.05, 0.1) is 5.88 Å². The van der Waals surface area contributed by atoms with Crippen LogP contribution in [-0.2, 0) is 9.63 Å². The fraction of sp³-hybridized carbons (Fsp3) is 0.600. The summed E-state index contributed by atoms with van der Waals surface area (Å²) in [7, 11) is 0. The van der Waals surface area contributed by atoms with Crippen molar-refractivity contribution in [3.05, 3.63) is 0 Å². The molecule has 0 spiro atoms. The number of oxime groups is 1. The van der Waals surface area contributed by atoms with Crippen molar-refractivity contribution in [2.75, 3.05) is 5.88 Å². The van der Waals surface area contributed by atoms with E-state index in [-0.39, 0.29) is 11.6 Å². The largest absolute Gasteiger partial charge is 0.331 e. The second kappa shape index (κ2) is 5.63. The quantitative estimate of drug-likeness (QED) is 0.314. The van der Waals surface area contributed by atoms with Gasteiger partial charge in [-0.05, 0) is 0 Å². The molecule has 0 aromatic heterocycles. The van der Waals surface area contributed by atoms with Gasteiger partial charge in [-0.25, -0.2) is 4.79 Å². The van der Waals surface area contributed by atoms with E-state index in [0.29, 0.717) is 0 Å². The third kappa shape index (κ3) is 5.30. The summed E-state index contributed by atoms with van der Waals surface area (Å²) in [4.78, 5) is 13.6. The molecular formula is C5H6Cl3NO2. The summed E-state index contributed by atoms with van der Waals surface area (Å²) in [5.74, 6) is -0.507. The monoisotopic (exact) mass is 217 g/mol. The highest BCUT2D eigenvalue weighted by molar-refractivity contribution is 6.56. The summed E-state index contributed by atoms with van der Waals surface area (Å²) in [5.41, 5.74) is 0.213. The Kier molecular flexibility index (Phi) is 5.64. The lowest BCUT2D eigenvalue weighted by Crippen LogP contribution is -2.11. The van der Waals surface area contributed by atoms with Crippen LogP contribution in [0.5, 0.6) is 0 Å². The number of halogens is 3. The molecule has 0 saturated heterocycles. The van der Waals surface area contributed by atoms with Gasteiger partial charge in [-0.15, -0.1) is 11.6 Å². The number of nitrogens with zero attached hydrogens (tertiary/aromatic N) is 1. The minimum Gasteiger partial charge on any atom is -0.319 e. The van der Waals surface area contributed by atoms with Gasteiger partial charge in [0.2, 0.25) is 0 Å². The van der Waals surface area contributed by atoms with Crippen molar-refractivity contribution < 1.29 is 9.63 Å². The molecule has 3 nitrogen and oxygen atoms in total. The first-order valence-electron chi connectivity index (χ1n) is 2.66. The fourth-order valence-electron chi connectivity index (χ4n) is 0.245. The minimum absolute atomic E-state index is 0.0327. The summed E-state index contributed by atoms with van der Waals surface area (Å²) in [5, 5.41) is 3.31. The molecule has 0 aromatic carbocycles. The molecule has 0 saturated carbocycles. The molecule has 0 rings (SSSR count). The van der Waals surface area contributed by atoms with E-state index in [9.17, 15) is 4.79 Å². The number of alkyl halides is 3. The van der Waals surface area contributed by atoms with Crippen molar-refractivity contribution in [1.82, 2.24) is 0 Å². The fourth-order valence-corrected chi connectivity index (χ4v) is 0.841. The standard InChI is InChI=1S/C5H6Cl3NO2/c1-3(10)11-9-4(2-6)5(7)8/h5H,2H2,1H3. The van der Waals surface area contributed by atoms with Crippen molar-refractivity contribution in [2.24, 2.45) is 5.16 Å². The highest BCUT2D eigenvalue weighted by atomic mass is 35.5. The van der Waals surface area contributed by atoms with Crippen LogP contribution in [0, 0.1) is 0 Å². The van der Waals surface area contributed by atoms with Crippen LogP contribution in [0.3, 0.4) is 0 Å². The first kappa shape index (κ1) is 11.0. The lowest BCUT2D eigenvalue weighted by molar-refractivity contribution is -0.140. The first-order valence-corrected chi connectivity index (χ1v) is 4.07. The second-order valence-electron chi connectivity index (χ2n) is 1.60. The van der Waals surface area contributed by atoms with Gasteiger partial charge in [-0.2, -0.15) is 0 Å². The Morgan fingerprint density at radius 3 is 2.45 bits per heavy atom. The maximum absolute atomic E-state index is 10.2. The van der Waals surface area contributed by atoms with Gasteiger partial charge in [0.25, 0.3) is 0 Å². The van der Waals surface area contributed by atoms with E-state index in [4.69, 9.17) is 34.8 Å². The average Bonchev–Trinajstić information content (AvgIpc) is 1.87. The van der Waals surface area contributed by atoms with Crippen LogP contribution in [0.2, 0.25) is 0 Å². The molecule has 0 aromatic rings. The van der Waals surface area contributed by atoms with Gasteiger partial charge in [0, 0.05) is 6.92 Å². The topological polar surface area (TPSA) is 38.7 Å². The van der Waals surface area contributed by atoms with Gasteiger partial charge in [-0.1, -0.05) is 28.4 Å². The Bertz CT molecular complexity index is 169. The van der Waals surface area contributed by atoms with Crippen LogP contribution >= 0.6 is 34.8 Å². The molecule has 0 aliphatic rings. The average molecular weight is 218 g/mol. The molecule has 6 heteroatoms. The predicted molar refractivity (Wildman–Crippen MR) is 45.4 cm³/mol. The normalized spacial score (nSPS) is 11.9. The molecule has 0 bridgehead atoms. The highest BCUT2D eigenvalue weighted by Crippen LogP contribution is 2.06. The second-order valence-corrected chi connectivity index (χ2v) is 2.96. The molecular weight excluding hydrogens is 212 g/mol. The van der Waals surface area contributed by atoms with Crippen LogP contribution in [0.4, 0.5) is 0 Å². The third-order valence-corrected chi connectivity index (χ3v) is 1.46. The molecule has 0 radical (unpaired) electrons. The van der Waals surface area contributed by atoms with Gasteiger partial charge < -0.3 is 4.84 Å². The molecule has 0 N–H and O–H groups in total. The van der Waals surface area contributed by atoms with E-state index in [1.807, 2.05) is 0 Å². The van der Waals surface area contributed by atoms with Crippen LogP contribution in [0.1, 0.15) is 6.92 Å². The molecule has 11 heavy (non-hydrogen) atoms. The Morgan fingerprint density at radius 1 is 1.64 bits per heavy atom. The lowest BCUT2D eigenvalue weighted by Gasteiger charge is -1.99. The van der Waals surface area contributed by atoms with Crippen molar-refractivity contribution >= 4 is 46.5 Å². The van der Waals surface area contributed by atoms with Crippen molar-refractivity contribution in [1.29, 1.82) is 0 Å². The lowest BCUT2D eigenvalue weighted by atomic mass is 10.5. The van der Waals surface area contributed by atoms with Gasteiger partial charge in [0.15, 0.2) is 0 Å². The summed E-state index contributed by atoms with van der Waals surface area (Å²) < 4.78 is 0. The number of hydrogen-bond donors (Lipinski definition) is 0. The minimum atomic E-state index is -0.841. The van der Waals surface area contributed by atoms with E-state index >= 15 is 0 Å². The summed E-state index contributed by atoms with van der Waals surface area (Å²) >= 11 is 16.1. The summed E-state index contributed by atoms with van der Waals surface area (Å²) in [6.07, 6.45) is 0. The van der Waals surface area contributed by atoms with Crippen LogP contribution in [0.25, 0.3) is 0 Å². The molecule has 0 fully saturated rings. The predicted octanol–water partition coefficient (Wildman–Crippen LogP) is 1.95. The Morgan fingerprint density at radius 2 is 2.18 bits per heavy atom. The SMILES string of the molecule is CC(=O)ON=C(CCl)C(Cl)Cl. The number of carbonyl (C=O) groups is 1. The summed E-state index contributed by atoms with van der Waals surface area (Å²) in [6.45, 7) is 1.22. The van der Waals surface area contributed by atoms with E-state index in [0.717, 1.165) is 0 Å². The molecule has 0 unspecified atom stereocenters. The van der Waals surface area contributed by atoms with Gasteiger partial charge in [0.1, 0.15) is 10.5 Å². The highest BCUT2D eigenvalue weighted by Gasteiger charge is 2.08. The Labute approximate surface area is 79.2 Å². The van der Waals surface area contributed by atoms with Gasteiger partial charge >= 0.3 is 5.97 Å². The molecule has 64 valence electrons. The maximum atomic E-state index is 10.2. The van der Waals surface area contributed by atoms with Crippen molar-refractivity contribution in [2.45, 2.75) is 11.8 Å². The van der Waals surface area contributed by atoms with Gasteiger partial charge in [-0.3, -0.25) is 0 Å². The smallest absolute Gasteiger partial charge is 0.319 e. The third-order valence-electron chi connectivity index (χ3n) is 0.680. The molecule has 0 aliphatic heterocycles. The van der Waals surface area contributed by atoms with Crippen LogP contribution in [0.15, 0.2) is 5.16 Å². The zero-order valence-electron chi connectivity index (χ0n) is 5.68. The Balaban J connectivity index is 4.01. The summed E-state index contributed by atoms with van der Waals surface area (Å²) in [6, 6.07) is 0. The zero-order chi connectivity index (χ0) is 8.85. The van der Waals surface area contributed by atoms with E-state index in [1.54, 1.807) is 0 Å². The van der Waals surface area contributed by atoms with Crippen molar-refractivity contribution in [3.8, 4) is 0 Å². The molecule has 0 amide bonds. The first-order chi connectivity index (χ1) is 5.07. The Hall–Kier alpha value is 0.01000. The van der Waals surface area contributed by atoms with E-state index in [1.165, 1.54) is 6.92 Å². The van der Waals surface area contributed by atoms with E-state index < -0.39 is 10.8 Å². The zero-order valence-corrected chi connectivity index (χ0v) is 7.95. The maximum Gasteiger partial charge on any atom is 0.331 e. The number of hydrogen-bond acceptors (Lipinski definition) is 3. The number of carbonyl (C=O) groups excluding carboxylic acids is 1. The van der Waals surface area contributed by atoms with Crippen molar-refractivity contribution in [3.63, 3.8) is 0 Å². The van der Waals surface area contributed by atoms with Crippen LogP contribution in [-0.4, -0.2) is 22.4 Å². The van der Waals surface area contributed by atoms with E-state index in [2.05, 4.69) is 9.99 Å². The molecule has 0 atom stereocenters. The number of rotatable bonds is 3. The molecule has 0 heterocycles.